The van der Waals surface area contributed by atoms with E-state index >= 15 is 0 Å². The molecule has 0 radical (unpaired) electrons. The maximum Gasteiger partial charge on any atom is 0.266 e. The number of benzene rings is 1. The van der Waals surface area contributed by atoms with Crippen molar-refractivity contribution in [2.45, 2.75) is 26.2 Å². The third kappa shape index (κ3) is 4.67. The van der Waals surface area contributed by atoms with E-state index in [4.69, 9.17) is 16.3 Å². The van der Waals surface area contributed by atoms with E-state index in [9.17, 15) is 9.90 Å². The Hall–Kier alpha value is -1.69. The lowest BCUT2D eigenvalue weighted by molar-refractivity contribution is 0.0180. The molecule has 1 atom stereocenters. The van der Waals surface area contributed by atoms with Crippen LogP contribution in [0.15, 0.2) is 41.2 Å². The predicted octanol–water partition coefficient (Wildman–Crippen LogP) is 1.78. The summed E-state index contributed by atoms with van der Waals surface area (Å²) in [6, 6.07) is 10.4. The smallest absolute Gasteiger partial charge is 0.266 e. The Morgan fingerprint density at radius 2 is 2.10 bits per heavy atom. The van der Waals surface area contributed by atoms with Gasteiger partial charge in [0.05, 0.1) is 31.6 Å². The third-order valence-corrected chi connectivity index (χ3v) is 3.28. The quantitative estimate of drug-likeness (QED) is 0.883. The molecule has 2 rings (SSSR count). The standard InChI is InChI=1S/C15H17ClN2O3/c1-11-6-7-15(20)18(17-11)8-13(19)10-21-9-12-4-2-3-5-14(12)16/h2-7,13,19H,8-10H2,1H3. The van der Waals surface area contributed by atoms with Gasteiger partial charge < -0.3 is 9.84 Å². The molecule has 1 aromatic carbocycles. The number of aliphatic hydroxyl groups excluding tert-OH is 1. The van der Waals surface area contributed by atoms with E-state index in [1.54, 1.807) is 19.1 Å². The van der Waals surface area contributed by atoms with Crippen molar-refractivity contribution >= 4 is 11.6 Å². The van der Waals surface area contributed by atoms with E-state index in [1.807, 2.05) is 18.2 Å². The molecular weight excluding hydrogens is 292 g/mol. The average Bonchev–Trinajstić information content (AvgIpc) is 2.45. The summed E-state index contributed by atoms with van der Waals surface area (Å²) in [6.07, 6.45) is -0.806. The van der Waals surface area contributed by atoms with Crippen molar-refractivity contribution in [1.82, 2.24) is 9.78 Å². The highest BCUT2D eigenvalue weighted by Gasteiger charge is 2.09. The number of hydrogen-bond donors (Lipinski definition) is 1. The van der Waals surface area contributed by atoms with Crippen LogP contribution < -0.4 is 5.56 Å². The molecule has 0 aliphatic carbocycles. The lowest BCUT2D eigenvalue weighted by atomic mass is 10.2. The zero-order valence-electron chi connectivity index (χ0n) is 11.7. The van der Waals surface area contributed by atoms with Crippen molar-refractivity contribution in [3.8, 4) is 0 Å². The van der Waals surface area contributed by atoms with Gasteiger partial charge in [0.25, 0.3) is 5.56 Å². The summed E-state index contributed by atoms with van der Waals surface area (Å²) in [4.78, 5) is 11.6. The number of halogens is 1. The van der Waals surface area contributed by atoms with Crippen molar-refractivity contribution in [3.05, 3.63) is 63.0 Å². The summed E-state index contributed by atoms with van der Waals surface area (Å²) in [5, 5.41) is 14.6. The summed E-state index contributed by atoms with van der Waals surface area (Å²) >= 11 is 6.01. The van der Waals surface area contributed by atoms with Gasteiger partial charge in [0.2, 0.25) is 0 Å². The number of ether oxygens (including phenoxy) is 1. The van der Waals surface area contributed by atoms with Gasteiger partial charge in [0.15, 0.2) is 0 Å². The second-order valence-corrected chi connectivity index (χ2v) is 5.16. The van der Waals surface area contributed by atoms with E-state index in [-0.39, 0.29) is 18.7 Å². The van der Waals surface area contributed by atoms with Crippen LogP contribution in [0.25, 0.3) is 0 Å². The highest BCUT2D eigenvalue weighted by molar-refractivity contribution is 6.31. The number of rotatable bonds is 6. The van der Waals surface area contributed by atoms with Gasteiger partial charge in [-0.15, -0.1) is 0 Å². The summed E-state index contributed by atoms with van der Waals surface area (Å²) in [5.41, 5.74) is 1.33. The van der Waals surface area contributed by atoms with Gasteiger partial charge in [-0.1, -0.05) is 29.8 Å². The van der Waals surface area contributed by atoms with Crippen molar-refractivity contribution in [2.75, 3.05) is 6.61 Å². The molecule has 0 aliphatic rings. The topological polar surface area (TPSA) is 64.4 Å². The van der Waals surface area contributed by atoms with Crippen LogP contribution in [-0.4, -0.2) is 27.6 Å². The van der Waals surface area contributed by atoms with Crippen LogP contribution in [0, 0.1) is 6.92 Å². The van der Waals surface area contributed by atoms with Gasteiger partial charge in [0, 0.05) is 11.1 Å². The van der Waals surface area contributed by atoms with Gasteiger partial charge in [0.1, 0.15) is 0 Å². The third-order valence-electron chi connectivity index (χ3n) is 2.91. The van der Waals surface area contributed by atoms with Gasteiger partial charge in [-0.3, -0.25) is 4.79 Å². The molecule has 112 valence electrons. The number of aliphatic hydroxyl groups is 1. The Labute approximate surface area is 127 Å². The molecule has 1 unspecified atom stereocenters. The van der Waals surface area contributed by atoms with E-state index in [2.05, 4.69) is 5.10 Å². The molecule has 0 fully saturated rings. The summed E-state index contributed by atoms with van der Waals surface area (Å²) in [6.45, 7) is 2.30. The average molecular weight is 309 g/mol. The first-order chi connectivity index (χ1) is 10.1. The monoisotopic (exact) mass is 308 g/mol. The molecule has 2 aromatic rings. The van der Waals surface area contributed by atoms with Gasteiger partial charge in [-0.2, -0.15) is 5.10 Å². The summed E-state index contributed by atoms with van der Waals surface area (Å²) in [5.74, 6) is 0. The van der Waals surface area contributed by atoms with Gasteiger partial charge in [-0.05, 0) is 24.6 Å². The van der Waals surface area contributed by atoms with E-state index in [1.165, 1.54) is 10.7 Å². The van der Waals surface area contributed by atoms with Crippen molar-refractivity contribution < 1.29 is 9.84 Å². The minimum absolute atomic E-state index is 0.100. The van der Waals surface area contributed by atoms with Crippen LogP contribution in [0.3, 0.4) is 0 Å². The maximum absolute atomic E-state index is 11.6. The number of nitrogens with zero attached hydrogens (tertiary/aromatic N) is 2. The highest BCUT2D eigenvalue weighted by atomic mass is 35.5. The zero-order valence-corrected chi connectivity index (χ0v) is 12.5. The van der Waals surface area contributed by atoms with Gasteiger partial charge >= 0.3 is 0 Å². The molecule has 0 aliphatic heterocycles. The minimum atomic E-state index is -0.806. The fraction of sp³-hybridized carbons (Fsp3) is 0.333. The molecule has 1 heterocycles. The largest absolute Gasteiger partial charge is 0.389 e. The highest BCUT2D eigenvalue weighted by Crippen LogP contribution is 2.15. The Bertz CT molecular complexity index is 657. The molecule has 1 N–H and O–H groups in total. The predicted molar refractivity (Wildman–Crippen MR) is 80.3 cm³/mol. The fourth-order valence-corrected chi connectivity index (χ4v) is 2.04. The van der Waals surface area contributed by atoms with Crippen LogP contribution in [0.5, 0.6) is 0 Å². The molecule has 21 heavy (non-hydrogen) atoms. The second kappa shape index (κ2) is 7.36. The minimum Gasteiger partial charge on any atom is -0.389 e. The SMILES string of the molecule is Cc1ccc(=O)n(CC(O)COCc2ccccc2Cl)n1. The van der Waals surface area contributed by atoms with Crippen molar-refractivity contribution in [1.29, 1.82) is 0 Å². The Balaban J connectivity index is 1.85. The number of aromatic nitrogens is 2. The first-order valence-electron chi connectivity index (χ1n) is 6.60. The number of aryl methyl sites for hydroxylation is 1. The Kier molecular flexibility index (Phi) is 5.50. The lowest BCUT2D eigenvalue weighted by Crippen LogP contribution is -2.31. The Morgan fingerprint density at radius 1 is 1.33 bits per heavy atom. The van der Waals surface area contributed by atoms with E-state index in [0.717, 1.165) is 11.3 Å². The summed E-state index contributed by atoms with van der Waals surface area (Å²) in [7, 11) is 0. The van der Waals surface area contributed by atoms with Crippen molar-refractivity contribution in [2.24, 2.45) is 0 Å². The van der Waals surface area contributed by atoms with Gasteiger partial charge in [-0.25, -0.2) is 4.68 Å². The molecule has 1 aromatic heterocycles. The van der Waals surface area contributed by atoms with Crippen LogP contribution in [0.1, 0.15) is 11.3 Å². The van der Waals surface area contributed by atoms with E-state index in [0.29, 0.717) is 11.6 Å². The molecule has 6 heteroatoms. The second-order valence-electron chi connectivity index (χ2n) is 4.76. The fourth-order valence-electron chi connectivity index (χ4n) is 1.85. The van der Waals surface area contributed by atoms with E-state index < -0.39 is 6.10 Å². The Morgan fingerprint density at radius 3 is 2.86 bits per heavy atom. The molecule has 0 saturated heterocycles. The van der Waals surface area contributed by atoms with Crippen LogP contribution in [0.4, 0.5) is 0 Å². The molecule has 0 bridgehead atoms. The van der Waals surface area contributed by atoms with Crippen LogP contribution in [0.2, 0.25) is 5.02 Å². The molecule has 0 saturated carbocycles. The number of hydrogen-bond acceptors (Lipinski definition) is 4. The summed E-state index contributed by atoms with van der Waals surface area (Å²) < 4.78 is 6.66. The van der Waals surface area contributed by atoms with Crippen LogP contribution >= 0.6 is 11.6 Å². The molecular formula is C15H17ClN2O3. The molecule has 0 amide bonds. The first kappa shape index (κ1) is 15.7. The van der Waals surface area contributed by atoms with Crippen molar-refractivity contribution in [3.63, 3.8) is 0 Å². The van der Waals surface area contributed by atoms with Crippen LogP contribution in [-0.2, 0) is 17.9 Å². The molecule has 0 spiro atoms. The maximum atomic E-state index is 11.6. The lowest BCUT2D eigenvalue weighted by Gasteiger charge is -2.13. The normalized spacial score (nSPS) is 12.3. The molecule has 5 nitrogen and oxygen atoms in total. The zero-order chi connectivity index (χ0) is 15.2. The first-order valence-corrected chi connectivity index (χ1v) is 6.98.